The summed E-state index contributed by atoms with van der Waals surface area (Å²) in [5, 5.41) is 0. The minimum atomic E-state index is -3.88. The van der Waals surface area contributed by atoms with Crippen molar-refractivity contribution < 1.29 is 22.3 Å². The maximum atomic E-state index is 13.6. The number of ether oxygens (including phenoxy) is 2. The first-order valence-corrected chi connectivity index (χ1v) is 11.7. The standard InChI is InChI=1S/C25H24N2O5S/c1-18-24(26-25(32-18)19-12-14-21(30-2)15-13-19)17-27(20-8-7-9-22(16-20)31-3)33(28,29)23-10-5-4-6-11-23/h4-16H,17H2,1-3H3. The first-order chi connectivity index (χ1) is 15.9. The molecular formula is C25H24N2O5S. The van der Waals surface area contributed by atoms with Gasteiger partial charge >= 0.3 is 0 Å². The molecule has 0 aliphatic rings. The summed E-state index contributed by atoms with van der Waals surface area (Å²) in [6.45, 7) is 1.77. The normalized spacial score (nSPS) is 11.2. The van der Waals surface area contributed by atoms with Crippen molar-refractivity contribution in [2.75, 3.05) is 18.5 Å². The summed E-state index contributed by atoms with van der Waals surface area (Å²) in [7, 11) is -0.739. The maximum absolute atomic E-state index is 13.6. The van der Waals surface area contributed by atoms with Crippen LogP contribution in [0.2, 0.25) is 0 Å². The lowest BCUT2D eigenvalue weighted by Crippen LogP contribution is -2.31. The molecule has 170 valence electrons. The van der Waals surface area contributed by atoms with Crippen molar-refractivity contribution in [1.29, 1.82) is 0 Å². The zero-order valence-corrected chi connectivity index (χ0v) is 19.4. The Hall–Kier alpha value is -3.78. The molecule has 0 saturated heterocycles. The van der Waals surface area contributed by atoms with Gasteiger partial charge in [0.2, 0.25) is 5.89 Å². The predicted molar refractivity (Wildman–Crippen MR) is 126 cm³/mol. The van der Waals surface area contributed by atoms with Crippen molar-refractivity contribution in [3.63, 3.8) is 0 Å². The summed E-state index contributed by atoms with van der Waals surface area (Å²) < 4.78 is 44.9. The highest BCUT2D eigenvalue weighted by Crippen LogP contribution is 2.31. The molecule has 33 heavy (non-hydrogen) atoms. The van der Waals surface area contributed by atoms with Crippen LogP contribution in [0.3, 0.4) is 0 Å². The molecule has 0 fully saturated rings. The van der Waals surface area contributed by atoms with E-state index >= 15 is 0 Å². The lowest BCUT2D eigenvalue weighted by atomic mass is 10.2. The van der Waals surface area contributed by atoms with E-state index < -0.39 is 10.0 Å². The molecule has 0 aliphatic carbocycles. The fourth-order valence-corrected chi connectivity index (χ4v) is 4.81. The second kappa shape index (κ2) is 9.38. The molecule has 7 nitrogen and oxygen atoms in total. The van der Waals surface area contributed by atoms with Gasteiger partial charge in [0.05, 0.1) is 31.3 Å². The van der Waals surface area contributed by atoms with Gasteiger partial charge in [-0.3, -0.25) is 4.31 Å². The Labute approximate surface area is 193 Å². The highest BCUT2D eigenvalue weighted by Gasteiger charge is 2.27. The topological polar surface area (TPSA) is 81.9 Å². The van der Waals surface area contributed by atoms with Gasteiger partial charge in [0.25, 0.3) is 10.0 Å². The quantitative estimate of drug-likeness (QED) is 0.362. The van der Waals surface area contributed by atoms with E-state index in [0.717, 1.165) is 11.3 Å². The van der Waals surface area contributed by atoms with Crippen LogP contribution in [0.5, 0.6) is 11.5 Å². The fourth-order valence-electron chi connectivity index (χ4n) is 3.37. The SMILES string of the molecule is COc1ccc(-c2nc(CN(c3cccc(OC)c3)S(=O)(=O)c3ccccc3)c(C)o2)cc1. The van der Waals surface area contributed by atoms with E-state index in [1.54, 1.807) is 68.6 Å². The molecule has 0 bridgehead atoms. The zero-order chi connectivity index (χ0) is 23.4. The van der Waals surface area contributed by atoms with Gasteiger partial charge in [-0.2, -0.15) is 0 Å². The number of nitrogens with zero attached hydrogens (tertiary/aromatic N) is 2. The second-order valence-corrected chi connectivity index (χ2v) is 9.14. The molecular weight excluding hydrogens is 440 g/mol. The van der Waals surface area contributed by atoms with E-state index in [1.807, 2.05) is 24.3 Å². The Bertz CT molecular complexity index is 1330. The molecule has 4 rings (SSSR count). The molecule has 0 spiro atoms. The third kappa shape index (κ3) is 4.70. The summed E-state index contributed by atoms with van der Waals surface area (Å²) in [5.41, 5.74) is 1.75. The summed E-state index contributed by atoms with van der Waals surface area (Å²) in [4.78, 5) is 4.79. The number of oxazole rings is 1. The molecule has 4 aromatic rings. The number of aryl methyl sites for hydroxylation is 1. The van der Waals surface area contributed by atoms with Crippen LogP contribution in [-0.2, 0) is 16.6 Å². The molecule has 1 aromatic heterocycles. The van der Waals surface area contributed by atoms with Gasteiger partial charge in [0, 0.05) is 11.6 Å². The van der Waals surface area contributed by atoms with Crippen molar-refractivity contribution in [2.45, 2.75) is 18.4 Å². The number of anilines is 1. The van der Waals surface area contributed by atoms with E-state index in [0.29, 0.717) is 28.8 Å². The van der Waals surface area contributed by atoms with E-state index in [2.05, 4.69) is 4.98 Å². The first kappa shape index (κ1) is 22.4. The first-order valence-electron chi connectivity index (χ1n) is 10.2. The molecule has 0 aliphatic heterocycles. The Morgan fingerprint density at radius 2 is 1.58 bits per heavy atom. The van der Waals surface area contributed by atoms with Crippen molar-refractivity contribution in [1.82, 2.24) is 4.98 Å². The van der Waals surface area contributed by atoms with Crippen molar-refractivity contribution >= 4 is 15.7 Å². The van der Waals surface area contributed by atoms with Crippen LogP contribution in [-0.4, -0.2) is 27.6 Å². The minimum Gasteiger partial charge on any atom is -0.497 e. The highest BCUT2D eigenvalue weighted by atomic mass is 32.2. The smallest absolute Gasteiger partial charge is 0.264 e. The van der Waals surface area contributed by atoms with Gasteiger partial charge in [0.1, 0.15) is 23.0 Å². The lowest BCUT2D eigenvalue weighted by molar-refractivity contribution is 0.414. The molecule has 0 radical (unpaired) electrons. The molecule has 0 amide bonds. The predicted octanol–water partition coefficient (Wildman–Crippen LogP) is 5.06. The van der Waals surface area contributed by atoms with Crippen molar-refractivity contribution in [3.05, 3.63) is 90.3 Å². The van der Waals surface area contributed by atoms with E-state index in [1.165, 1.54) is 11.4 Å². The van der Waals surface area contributed by atoms with Crippen LogP contribution in [0.1, 0.15) is 11.5 Å². The van der Waals surface area contributed by atoms with Gasteiger partial charge in [-0.1, -0.05) is 24.3 Å². The van der Waals surface area contributed by atoms with Crippen LogP contribution >= 0.6 is 0 Å². The van der Waals surface area contributed by atoms with Gasteiger partial charge in [0.15, 0.2) is 0 Å². The number of methoxy groups -OCH3 is 2. The van der Waals surface area contributed by atoms with E-state index in [4.69, 9.17) is 13.9 Å². The summed E-state index contributed by atoms with van der Waals surface area (Å²) in [5.74, 6) is 2.22. The van der Waals surface area contributed by atoms with Gasteiger partial charge in [-0.15, -0.1) is 0 Å². The van der Waals surface area contributed by atoms with Gasteiger partial charge in [-0.25, -0.2) is 13.4 Å². The van der Waals surface area contributed by atoms with Crippen LogP contribution < -0.4 is 13.8 Å². The minimum absolute atomic E-state index is 0.00408. The van der Waals surface area contributed by atoms with E-state index in [9.17, 15) is 8.42 Å². The van der Waals surface area contributed by atoms with Crippen LogP contribution in [0.15, 0.2) is 88.2 Å². The number of aromatic nitrogens is 1. The zero-order valence-electron chi connectivity index (χ0n) is 18.6. The molecule has 8 heteroatoms. The highest BCUT2D eigenvalue weighted by molar-refractivity contribution is 7.92. The Kier molecular flexibility index (Phi) is 6.37. The molecule has 0 N–H and O–H groups in total. The number of hydrogen-bond acceptors (Lipinski definition) is 6. The van der Waals surface area contributed by atoms with Gasteiger partial charge < -0.3 is 13.9 Å². The summed E-state index contributed by atoms with van der Waals surface area (Å²) >= 11 is 0. The number of rotatable bonds is 8. The molecule has 0 saturated carbocycles. The third-order valence-corrected chi connectivity index (χ3v) is 6.98. The number of sulfonamides is 1. The Morgan fingerprint density at radius 3 is 2.24 bits per heavy atom. The van der Waals surface area contributed by atoms with Crippen LogP contribution in [0, 0.1) is 6.92 Å². The third-order valence-electron chi connectivity index (χ3n) is 5.20. The molecule has 0 unspecified atom stereocenters. The lowest BCUT2D eigenvalue weighted by Gasteiger charge is -2.24. The number of hydrogen-bond donors (Lipinski definition) is 0. The van der Waals surface area contributed by atoms with Crippen molar-refractivity contribution in [2.24, 2.45) is 0 Å². The van der Waals surface area contributed by atoms with Gasteiger partial charge in [-0.05, 0) is 55.5 Å². The summed E-state index contributed by atoms with van der Waals surface area (Å²) in [6, 6.07) is 22.5. The monoisotopic (exact) mass is 464 g/mol. The van der Waals surface area contributed by atoms with Crippen molar-refractivity contribution in [3.8, 4) is 23.0 Å². The molecule has 1 heterocycles. The fraction of sp³-hybridized carbons (Fsp3) is 0.160. The maximum Gasteiger partial charge on any atom is 0.264 e. The second-order valence-electron chi connectivity index (χ2n) is 7.28. The average molecular weight is 465 g/mol. The Morgan fingerprint density at radius 1 is 0.879 bits per heavy atom. The largest absolute Gasteiger partial charge is 0.497 e. The number of benzene rings is 3. The molecule has 0 atom stereocenters. The van der Waals surface area contributed by atoms with E-state index in [-0.39, 0.29) is 11.4 Å². The Balaban J connectivity index is 1.75. The average Bonchev–Trinajstić information content (AvgIpc) is 3.23. The summed E-state index contributed by atoms with van der Waals surface area (Å²) in [6.07, 6.45) is 0. The van der Waals surface area contributed by atoms with Crippen LogP contribution in [0.4, 0.5) is 5.69 Å². The van der Waals surface area contributed by atoms with Crippen LogP contribution in [0.25, 0.3) is 11.5 Å². The molecule has 3 aromatic carbocycles.